The first-order valence-electron chi connectivity index (χ1n) is 6.16. The summed E-state index contributed by atoms with van der Waals surface area (Å²) in [5, 5.41) is 9.39. The summed E-state index contributed by atoms with van der Waals surface area (Å²) in [4.78, 5) is 12.5. The number of carbonyl (C=O) groups is 1. The van der Waals surface area contributed by atoms with E-state index in [0.717, 1.165) is 40.7 Å². The Hall–Kier alpha value is -1.15. The zero-order valence-corrected chi connectivity index (χ0v) is 11.1. The molecule has 1 saturated carbocycles. The number of rotatable bonds is 3. The van der Waals surface area contributed by atoms with Gasteiger partial charge in [-0.15, -0.1) is 0 Å². The van der Waals surface area contributed by atoms with E-state index in [0.29, 0.717) is 0 Å². The van der Waals surface area contributed by atoms with Gasteiger partial charge in [0, 0.05) is 5.56 Å². The monoisotopic (exact) mass is 232 g/mol. The van der Waals surface area contributed by atoms with Gasteiger partial charge in [0.25, 0.3) is 0 Å². The van der Waals surface area contributed by atoms with Gasteiger partial charge in [0.05, 0.1) is 12.0 Å². The predicted octanol–water partition coefficient (Wildman–Crippen LogP) is 2.88. The van der Waals surface area contributed by atoms with Gasteiger partial charge >= 0.3 is 0 Å². The molecule has 2 rings (SSSR count). The number of hydrogen-bond acceptors (Lipinski definition) is 2. The molecule has 1 fully saturated rings. The van der Waals surface area contributed by atoms with Crippen molar-refractivity contribution in [3.05, 3.63) is 33.9 Å². The summed E-state index contributed by atoms with van der Waals surface area (Å²) < 4.78 is 0. The van der Waals surface area contributed by atoms with E-state index in [9.17, 15) is 9.90 Å². The van der Waals surface area contributed by atoms with Gasteiger partial charge in [0.2, 0.25) is 0 Å². The molecule has 2 heteroatoms. The van der Waals surface area contributed by atoms with Gasteiger partial charge in [-0.1, -0.05) is 6.07 Å². The molecule has 92 valence electrons. The van der Waals surface area contributed by atoms with Crippen LogP contribution in [0.1, 0.15) is 45.5 Å². The summed E-state index contributed by atoms with van der Waals surface area (Å²) in [6.45, 7) is 8.07. The summed E-state index contributed by atoms with van der Waals surface area (Å²) >= 11 is 0. The van der Waals surface area contributed by atoms with Gasteiger partial charge in [0.15, 0.2) is 5.78 Å². The van der Waals surface area contributed by atoms with Crippen LogP contribution in [0, 0.1) is 33.1 Å². The van der Waals surface area contributed by atoms with Crippen LogP contribution in [-0.4, -0.2) is 17.5 Å². The first-order chi connectivity index (χ1) is 7.93. The Morgan fingerprint density at radius 2 is 1.65 bits per heavy atom. The maximum Gasteiger partial charge on any atom is 0.171 e. The molecule has 0 unspecified atom stereocenters. The molecular weight excluding hydrogens is 212 g/mol. The van der Waals surface area contributed by atoms with Crippen molar-refractivity contribution in [1.82, 2.24) is 0 Å². The van der Waals surface area contributed by atoms with E-state index in [1.54, 1.807) is 0 Å². The SMILES string of the molecule is Cc1cc(C)c(C)c(C(=O)C2(CO)CC2)c1C. The summed E-state index contributed by atoms with van der Waals surface area (Å²) in [5.74, 6) is 0.141. The van der Waals surface area contributed by atoms with Crippen LogP contribution in [0.4, 0.5) is 0 Å². The van der Waals surface area contributed by atoms with E-state index in [2.05, 4.69) is 6.07 Å². The minimum atomic E-state index is -0.463. The largest absolute Gasteiger partial charge is 0.395 e. The zero-order valence-electron chi connectivity index (χ0n) is 11.1. The number of hydrogen-bond donors (Lipinski definition) is 1. The van der Waals surface area contributed by atoms with Gasteiger partial charge in [-0.25, -0.2) is 0 Å². The third-order valence-corrected chi connectivity index (χ3v) is 4.23. The van der Waals surface area contributed by atoms with Crippen molar-refractivity contribution in [1.29, 1.82) is 0 Å². The lowest BCUT2D eigenvalue weighted by atomic mass is 9.86. The van der Waals surface area contributed by atoms with Gasteiger partial charge in [-0.2, -0.15) is 0 Å². The van der Waals surface area contributed by atoms with Crippen molar-refractivity contribution in [2.45, 2.75) is 40.5 Å². The molecule has 0 bridgehead atoms. The van der Waals surface area contributed by atoms with E-state index in [1.807, 2.05) is 27.7 Å². The maximum atomic E-state index is 12.5. The van der Waals surface area contributed by atoms with Crippen LogP contribution in [0.15, 0.2) is 6.07 Å². The lowest BCUT2D eigenvalue weighted by molar-refractivity contribution is 0.0828. The molecule has 0 saturated heterocycles. The van der Waals surface area contributed by atoms with E-state index < -0.39 is 5.41 Å². The van der Waals surface area contributed by atoms with E-state index in [4.69, 9.17) is 0 Å². The molecule has 0 aromatic heterocycles. The summed E-state index contributed by atoms with van der Waals surface area (Å²) in [6.07, 6.45) is 1.66. The first kappa shape index (κ1) is 12.3. The number of aliphatic hydroxyl groups excluding tert-OH is 1. The van der Waals surface area contributed by atoms with Crippen LogP contribution in [0.5, 0.6) is 0 Å². The van der Waals surface area contributed by atoms with Gasteiger partial charge in [-0.05, 0) is 62.8 Å². The second-order valence-electron chi connectivity index (χ2n) is 5.40. The zero-order chi connectivity index (χ0) is 12.8. The van der Waals surface area contributed by atoms with Crippen LogP contribution in [0.25, 0.3) is 0 Å². The van der Waals surface area contributed by atoms with E-state index in [-0.39, 0.29) is 12.4 Å². The molecule has 1 aliphatic rings. The fourth-order valence-corrected chi connectivity index (χ4v) is 2.43. The van der Waals surface area contributed by atoms with Crippen molar-refractivity contribution in [3.8, 4) is 0 Å². The highest BCUT2D eigenvalue weighted by Crippen LogP contribution is 2.48. The van der Waals surface area contributed by atoms with Crippen LogP contribution in [-0.2, 0) is 0 Å². The molecule has 0 spiro atoms. The molecule has 0 atom stereocenters. The Morgan fingerprint density at radius 1 is 1.18 bits per heavy atom. The highest BCUT2D eigenvalue weighted by atomic mass is 16.3. The predicted molar refractivity (Wildman–Crippen MR) is 68.5 cm³/mol. The van der Waals surface area contributed by atoms with Gasteiger partial charge in [0.1, 0.15) is 0 Å². The second-order valence-corrected chi connectivity index (χ2v) is 5.40. The average Bonchev–Trinajstić information content (AvgIpc) is 3.07. The molecule has 1 aromatic carbocycles. The summed E-state index contributed by atoms with van der Waals surface area (Å²) in [7, 11) is 0. The van der Waals surface area contributed by atoms with Crippen molar-refractivity contribution in [3.63, 3.8) is 0 Å². The van der Waals surface area contributed by atoms with Gasteiger partial charge in [-0.3, -0.25) is 4.79 Å². The number of aryl methyl sites for hydroxylation is 2. The smallest absolute Gasteiger partial charge is 0.171 e. The molecule has 0 amide bonds. The molecular formula is C15H20O2. The highest BCUT2D eigenvalue weighted by Gasteiger charge is 2.50. The number of Topliss-reactive ketones (excluding diaryl/α,β-unsaturated/α-hetero) is 1. The lowest BCUT2D eigenvalue weighted by Crippen LogP contribution is -2.22. The number of benzene rings is 1. The van der Waals surface area contributed by atoms with Crippen molar-refractivity contribution in [2.75, 3.05) is 6.61 Å². The number of carbonyl (C=O) groups excluding carboxylic acids is 1. The van der Waals surface area contributed by atoms with E-state index >= 15 is 0 Å². The van der Waals surface area contributed by atoms with Crippen LogP contribution < -0.4 is 0 Å². The molecule has 1 N–H and O–H groups in total. The molecule has 17 heavy (non-hydrogen) atoms. The lowest BCUT2D eigenvalue weighted by Gasteiger charge is -2.18. The quantitative estimate of drug-likeness (QED) is 0.814. The Morgan fingerprint density at radius 3 is 2.00 bits per heavy atom. The molecule has 1 aromatic rings. The topological polar surface area (TPSA) is 37.3 Å². The normalized spacial score (nSPS) is 17.0. The van der Waals surface area contributed by atoms with Gasteiger partial charge < -0.3 is 5.11 Å². The van der Waals surface area contributed by atoms with Crippen LogP contribution in [0.3, 0.4) is 0 Å². The minimum absolute atomic E-state index is 0.0162. The first-order valence-corrected chi connectivity index (χ1v) is 6.16. The third kappa shape index (κ3) is 1.81. The van der Waals surface area contributed by atoms with Crippen molar-refractivity contribution < 1.29 is 9.90 Å². The number of aliphatic hydroxyl groups is 1. The van der Waals surface area contributed by atoms with Crippen LogP contribution in [0.2, 0.25) is 0 Å². The number of ketones is 1. The Labute approximate surface area is 103 Å². The third-order valence-electron chi connectivity index (χ3n) is 4.23. The summed E-state index contributed by atoms with van der Waals surface area (Å²) in [5.41, 5.74) is 4.83. The molecule has 0 aliphatic heterocycles. The van der Waals surface area contributed by atoms with Crippen LogP contribution >= 0.6 is 0 Å². The average molecular weight is 232 g/mol. The fourth-order valence-electron chi connectivity index (χ4n) is 2.43. The molecule has 0 radical (unpaired) electrons. The second kappa shape index (κ2) is 3.95. The Bertz CT molecular complexity index is 456. The Balaban J connectivity index is 2.56. The molecule has 2 nitrogen and oxygen atoms in total. The highest BCUT2D eigenvalue weighted by molar-refractivity contribution is 6.05. The molecule has 1 aliphatic carbocycles. The maximum absolute atomic E-state index is 12.5. The summed E-state index contributed by atoms with van der Waals surface area (Å²) in [6, 6.07) is 2.12. The Kier molecular flexibility index (Phi) is 2.86. The van der Waals surface area contributed by atoms with E-state index in [1.165, 1.54) is 0 Å². The molecule has 0 heterocycles. The van der Waals surface area contributed by atoms with Crippen molar-refractivity contribution in [2.24, 2.45) is 5.41 Å². The fraction of sp³-hybridized carbons (Fsp3) is 0.533. The van der Waals surface area contributed by atoms with Crippen molar-refractivity contribution >= 4 is 5.78 Å². The standard InChI is InChI=1S/C15H20O2/c1-9-7-10(2)12(4)13(11(9)3)14(17)15(8-16)5-6-15/h7,16H,5-6,8H2,1-4H3. The minimum Gasteiger partial charge on any atom is -0.395 e.